The van der Waals surface area contributed by atoms with Crippen molar-refractivity contribution < 1.29 is 10.2 Å². The minimum atomic E-state index is -0.131. The zero-order valence-corrected chi connectivity index (χ0v) is 17.2. The third-order valence-corrected chi connectivity index (χ3v) is 8.43. The number of benzene rings is 1. The van der Waals surface area contributed by atoms with E-state index in [1.54, 1.807) is 0 Å². The number of aliphatic hydroxyl groups excluding tert-OH is 1. The topological polar surface area (TPSA) is 44.8 Å². The van der Waals surface area contributed by atoms with E-state index in [1.165, 1.54) is 49.7 Å². The van der Waals surface area contributed by atoms with Gasteiger partial charge in [0.25, 0.3) is 0 Å². The van der Waals surface area contributed by atoms with Gasteiger partial charge in [0, 0.05) is 6.42 Å². The van der Waals surface area contributed by atoms with Crippen LogP contribution >= 0.6 is 0 Å². The first-order valence-electron chi connectivity index (χ1n) is 11.4. The summed E-state index contributed by atoms with van der Waals surface area (Å²) in [6.45, 7) is 9.93. The first-order valence-corrected chi connectivity index (χ1v) is 11.4. The third kappa shape index (κ3) is 3.45. The lowest BCUT2D eigenvalue weighted by atomic mass is 9.52. The van der Waals surface area contributed by atoms with Crippen molar-refractivity contribution in [1.29, 1.82) is 0 Å². The van der Waals surface area contributed by atoms with Crippen molar-refractivity contribution in [2.24, 2.45) is 23.2 Å². The lowest BCUT2D eigenvalue weighted by molar-refractivity contribution is -0.0396. The Morgan fingerprint density at radius 2 is 1.96 bits per heavy atom. The summed E-state index contributed by atoms with van der Waals surface area (Å²) in [6, 6.07) is 6.05. The highest BCUT2D eigenvalue weighted by Gasteiger charge is 2.56. The third-order valence-electron chi connectivity index (χ3n) is 8.43. The summed E-state index contributed by atoms with van der Waals surface area (Å²) >= 11 is 0. The summed E-state index contributed by atoms with van der Waals surface area (Å²) < 4.78 is 0. The Morgan fingerprint density at radius 1 is 1.14 bits per heavy atom. The lowest BCUT2D eigenvalue weighted by Crippen LogP contribution is -2.47. The Balaban J connectivity index is 1.55. The van der Waals surface area contributed by atoms with Crippen molar-refractivity contribution in [2.45, 2.75) is 83.2 Å². The van der Waals surface area contributed by atoms with Crippen LogP contribution in [0.15, 0.2) is 18.2 Å². The number of hydrogen-bond donors (Lipinski definition) is 2. The van der Waals surface area contributed by atoms with Crippen molar-refractivity contribution in [1.82, 2.24) is 0 Å². The van der Waals surface area contributed by atoms with Gasteiger partial charge in [0.05, 0.1) is 6.10 Å². The van der Waals surface area contributed by atoms with Gasteiger partial charge in [0.15, 0.2) is 0 Å². The van der Waals surface area contributed by atoms with Gasteiger partial charge in [-0.25, -0.2) is 6.57 Å². The molecule has 2 fully saturated rings. The molecule has 0 heterocycles. The van der Waals surface area contributed by atoms with Crippen LogP contribution in [0.1, 0.15) is 81.8 Å². The number of unbranched alkanes of at least 4 members (excludes halogenated alkanes) is 3. The molecule has 0 saturated heterocycles. The van der Waals surface area contributed by atoms with Crippen LogP contribution < -0.4 is 0 Å². The molecule has 1 aromatic carbocycles. The maximum Gasteiger partial charge on any atom is 0.214 e. The molecule has 1 aromatic rings. The molecule has 6 atom stereocenters. The number of rotatable bonds is 6. The molecule has 0 aliphatic heterocycles. The molecule has 152 valence electrons. The Labute approximate surface area is 170 Å². The van der Waals surface area contributed by atoms with Gasteiger partial charge < -0.3 is 15.1 Å². The molecule has 0 aromatic heterocycles. The maximum absolute atomic E-state index is 10.7. The Bertz CT molecular complexity index is 739. The summed E-state index contributed by atoms with van der Waals surface area (Å²) in [6.07, 6.45) is 11.3. The average Bonchev–Trinajstić information content (AvgIpc) is 2.99. The van der Waals surface area contributed by atoms with E-state index in [4.69, 9.17) is 6.57 Å². The van der Waals surface area contributed by atoms with Gasteiger partial charge in [-0.1, -0.05) is 25.8 Å². The molecule has 0 bridgehead atoms. The molecule has 0 radical (unpaired) electrons. The predicted molar refractivity (Wildman–Crippen MR) is 112 cm³/mol. The minimum Gasteiger partial charge on any atom is -0.508 e. The smallest absolute Gasteiger partial charge is 0.214 e. The van der Waals surface area contributed by atoms with E-state index >= 15 is 0 Å². The number of aromatic hydroxyl groups is 1. The van der Waals surface area contributed by atoms with E-state index in [-0.39, 0.29) is 11.5 Å². The molecule has 3 heteroatoms. The first kappa shape index (κ1) is 19.8. The molecule has 3 aliphatic carbocycles. The van der Waals surface area contributed by atoms with Gasteiger partial charge >= 0.3 is 0 Å². The highest BCUT2D eigenvalue weighted by atomic mass is 16.3. The molecule has 0 spiro atoms. The molecule has 4 rings (SSSR count). The zero-order chi connectivity index (χ0) is 19.7. The summed E-state index contributed by atoms with van der Waals surface area (Å²) in [7, 11) is 0. The second-order valence-corrected chi connectivity index (χ2v) is 9.86. The van der Waals surface area contributed by atoms with E-state index < -0.39 is 0 Å². The van der Waals surface area contributed by atoms with Gasteiger partial charge in [-0.3, -0.25) is 0 Å². The molecule has 28 heavy (non-hydrogen) atoms. The van der Waals surface area contributed by atoms with Gasteiger partial charge in [-0.05, 0) is 97.3 Å². The van der Waals surface area contributed by atoms with Crippen LogP contribution in [0.2, 0.25) is 0 Å². The summed E-state index contributed by atoms with van der Waals surface area (Å²) in [5, 5.41) is 20.8. The fraction of sp³-hybridized carbons (Fsp3) is 0.720. The molecular weight excluding hydrogens is 346 g/mol. The summed E-state index contributed by atoms with van der Waals surface area (Å²) in [5.74, 6) is 2.97. The normalized spacial score (nSPS) is 36.2. The predicted octanol–water partition coefficient (Wildman–Crippen LogP) is 5.71. The van der Waals surface area contributed by atoms with Gasteiger partial charge in [-0.2, -0.15) is 0 Å². The fourth-order valence-electron chi connectivity index (χ4n) is 6.98. The fourth-order valence-corrected chi connectivity index (χ4v) is 6.98. The Hall–Kier alpha value is -1.53. The quantitative estimate of drug-likeness (QED) is 0.490. The minimum absolute atomic E-state index is 0.101. The van der Waals surface area contributed by atoms with E-state index in [0.717, 1.165) is 25.7 Å². The van der Waals surface area contributed by atoms with Crippen molar-refractivity contribution in [2.75, 3.05) is 6.54 Å². The van der Waals surface area contributed by atoms with Gasteiger partial charge in [-0.15, -0.1) is 0 Å². The molecule has 3 nitrogen and oxygen atoms in total. The van der Waals surface area contributed by atoms with Gasteiger partial charge in [0.1, 0.15) is 5.75 Å². The zero-order valence-electron chi connectivity index (χ0n) is 17.2. The Kier molecular flexibility index (Phi) is 5.70. The van der Waals surface area contributed by atoms with Crippen LogP contribution in [0.25, 0.3) is 4.85 Å². The van der Waals surface area contributed by atoms with Crippen molar-refractivity contribution >= 4 is 0 Å². The highest BCUT2D eigenvalue weighted by Crippen LogP contribution is 2.62. The number of hydrogen-bond acceptors (Lipinski definition) is 2. The lowest BCUT2D eigenvalue weighted by Gasteiger charge is -2.53. The first-order chi connectivity index (χ1) is 13.5. The monoisotopic (exact) mass is 381 g/mol. The molecule has 2 N–H and O–H groups in total. The van der Waals surface area contributed by atoms with Crippen molar-refractivity contribution in [3.05, 3.63) is 40.7 Å². The van der Waals surface area contributed by atoms with Crippen LogP contribution in [-0.2, 0) is 6.42 Å². The van der Waals surface area contributed by atoms with Crippen LogP contribution in [0.5, 0.6) is 5.75 Å². The van der Waals surface area contributed by atoms with E-state index in [9.17, 15) is 10.2 Å². The molecule has 0 amide bonds. The van der Waals surface area contributed by atoms with E-state index in [2.05, 4.69) is 17.8 Å². The van der Waals surface area contributed by atoms with Crippen LogP contribution in [0, 0.1) is 29.7 Å². The SMILES string of the molecule is [C-]#[N+]CCCCCC[C@@H]1Cc2cc(O)ccc2[C@H]2CC[C@]3(C)[C@@H](O)CC[C@H]3[C@H]12. The maximum atomic E-state index is 10.7. The van der Waals surface area contributed by atoms with Gasteiger partial charge in [0.2, 0.25) is 6.54 Å². The second-order valence-electron chi connectivity index (χ2n) is 9.86. The molecule has 2 saturated carbocycles. The van der Waals surface area contributed by atoms with Crippen LogP contribution in [0.4, 0.5) is 0 Å². The number of aliphatic hydroxyl groups is 1. The van der Waals surface area contributed by atoms with E-state index in [1.807, 2.05) is 12.1 Å². The number of fused-ring (bicyclic) bond motifs is 5. The largest absolute Gasteiger partial charge is 0.508 e. The standard InChI is InChI=1S/C25H35NO2/c1-25-13-12-21-20-9-8-19(27)16-18(20)15-17(7-5-3-4-6-14-26-2)24(21)22(25)10-11-23(25)28/h8-9,16-17,21-24,27-28H,3-7,10-15H2,1H3/t17-,21-,22+,23+,24-,25+/m1/s1. The molecular formula is C25H35NO2. The number of phenolic OH excluding ortho intramolecular Hbond substituents is 1. The Morgan fingerprint density at radius 3 is 2.79 bits per heavy atom. The average molecular weight is 382 g/mol. The van der Waals surface area contributed by atoms with Crippen molar-refractivity contribution in [3.8, 4) is 5.75 Å². The van der Waals surface area contributed by atoms with Crippen LogP contribution in [0.3, 0.4) is 0 Å². The highest BCUT2D eigenvalue weighted by molar-refractivity contribution is 5.40. The van der Waals surface area contributed by atoms with Crippen LogP contribution in [-0.4, -0.2) is 22.9 Å². The molecule has 3 aliphatic rings. The summed E-state index contributed by atoms with van der Waals surface area (Å²) in [5.41, 5.74) is 2.93. The second kappa shape index (κ2) is 8.07. The van der Waals surface area contributed by atoms with Crippen molar-refractivity contribution in [3.63, 3.8) is 0 Å². The summed E-state index contributed by atoms with van der Waals surface area (Å²) in [4.78, 5) is 3.46. The number of phenols is 1. The number of nitrogens with zero attached hydrogens (tertiary/aromatic N) is 1. The van der Waals surface area contributed by atoms with E-state index in [0.29, 0.717) is 36.0 Å². The molecule has 0 unspecified atom stereocenters.